The first kappa shape index (κ1) is 15.4. The van der Waals surface area contributed by atoms with E-state index in [1.54, 1.807) is 4.90 Å². The van der Waals surface area contributed by atoms with E-state index in [4.69, 9.17) is 5.84 Å². The van der Waals surface area contributed by atoms with Crippen LogP contribution in [-0.4, -0.2) is 66.2 Å². The minimum Gasteiger partial charge on any atom is -0.342 e. The third kappa shape index (κ3) is 3.99. The first-order valence-electron chi connectivity index (χ1n) is 6.83. The zero-order valence-corrected chi connectivity index (χ0v) is 11.6. The normalized spacial score (nSPS) is 21.1. The van der Waals surface area contributed by atoms with Crippen LogP contribution in [0.25, 0.3) is 0 Å². The van der Waals surface area contributed by atoms with E-state index in [-0.39, 0.29) is 37.4 Å². The monoisotopic (exact) mass is 297 g/mol. The lowest BCUT2D eigenvalue weighted by molar-refractivity contribution is -0.140. The molecule has 0 aromatic rings. The van der Waals surface area contributed by atoms with E-state index in [0.717, 1.165) is 0 Å². The summed E-state index contributed by atoms with van der Waals surface area (Å²) in [5.41, 5.74) is 2.12. The number of nitrogens with two attached hydrogens (primary N) is 1. The van der Waals surface area contributed by atoms with Gasteiger partial charge in [0.25, 0.3) is 0 Å². The van der Waals surface area contributed by atoms with Gasteiger partial charge >= 0.3 is 0 Å². The number of rotatable bonds is 3. The van der Waals surface area contributed by atoms with Gasteiger partial charge in [-0.15, -0.1) is 0 Å². The van der Waals surface area contributed by atoms with Crippen molar-refractivity contribution >= 4 is 23.6 Å². The van der Waals surface area contributed by atoms with Crippen LogP contribution < -0.4 is 16.6 Å². The Kier molecular flexibility index (Phi) is 4.86. The van der Waals surface area contributed by atoms with Crippen LogP contribution in [0.3, 0.4) is 0 Å². The van der Waals surface area contributed by atoms with Gasteiger partial charge in [-0.2, -0.15) is 0 Å². The molecule has 0 radical (unpaired) electrons. The average molecular weight is 297 g/mol. The van der Waals surface area contributed by atoms with Gasteiger partial charge in [-0.25, -0.2) is 5.84 Å². The number of likely N-dealkylation sites (tertiary alicyclic amines) is 1. The second-order valence-corrected chi connectivity index (χ2v) is 5.28. The van der Waals surface area contributed by atoms with Gasteiger partial charge in [0.05, 0.1) is 19.6 Å². The van der Waals surface area contributed by atoms with Crippen molar-refractivity contribution in [2.24, 2.45) is 11.8 Å². The Balaban J connectivity index is 1.81. The van der Waals surface area contributed by atoms with Gasteiger partial charge in [0.1, 0.15) is 0 Å². The first-order valence-corrected chi connectivity index (χ1v) is 6.83. The van der Waals surface area contributed by atoms with Crippen molar-refractivity contribution in [3.05, 3.63) is 0 Å². The summed E-state index contributed by atoms with van der Waals surface area (Å²) in [5.74, 6) is 3.80. The van der Waals surface area contributed by atoms with Crippen molar-refractivity contribution in [1.29, 1.82) is 0 Å². The Hall–Kier alpha value is -2.00. The molecule has 0 saturated carbocycles. The maximum atomic E-state index is 12.1. The molecule has 2 saturated heterocycles. The highest BCUT2D eigenvalue weighted by Crippen LogP contribution is 2.17. The van der Waals surface area contributed by atoms with Gasteiger partial charge in [0.15, 0.2) is 0 Å². The highest BCUT2D eigenvalue weighted by molar-refractivity contribution is 5.99. The second-order valence-electron chi connectivity index (χ2n) is 5.28. The van der Waals surface area contributed by atoms with E-state index < -0.39 is 11.8 Å². The highest BCUT2D eigenvalue weighted by Gasteiger charge is 2.29. The zero-order chi connectivity index (χ0) is 15.4. The summed E-state index contributed by atoms with van der Waals surface area (Å²) >= 11 is 0. The van der Waals surface area contributed by atoms with Crippen molar-refractivity contribution in [2.45, 2.75) is 12.8 Å². The maximum absolute atomic E-state index is 12.1. The van der Waals surface area contributed by atoms with Gasteiger partial charge in [-0.1, -0.05) is 0 Å². The van der Waals surface area contributed by atoms with E-state index >= 15 is 0 Å². The van der Waals surface area contributed by atoms with E-state index in [1.807, 2.05) is 0 Å². The van der Waals surface area contributed by atoms with E-state index in [1.165, 1.54) is 4.90 Å². The molecule has 21 heavy (non-hydrogen) atoms. The molecule has 0 bridgehead atoms. The van der Waals surface area contributed by atoms with E-state index in [2.05, 4.69) is 10.7 Å². The second kappa shape index (κ2) is 6.64. The molecule has 2 heterocycles. The Morgan fingerprint density at radius 1 is 1.19 bits per heavy atom. The number of carbonyl (C=O) groups is 4. The summed E-state index contributed by atoms with van der Waals surface area (Å²) in [6, 6.07) is 0. The lowest BCUT2D eigenvalue weighted by atomic mass is 9.96. The molecule has 2 aliphatic rings. The number of nitrogens with zero attached hydrogens (tertiary/aromatic N) is 2. The van der Waals surface area contributed by atoms with Crippen LogP contribution in [0.4, 0.5) is 0 Å². The van der Waals surface area contributed by atoms with Crippen LogP contribution in [0.1, 0.15) is 12.8 Å². The number of hydrazine groups is 1. The lowest BCUT2D eigenvalue weighted by Crippen LogP contribution is -2.54. The summed E-state index contributed by atoms with van der Waals surface area (Å²) in [6.45, 7) is 1.08. The van der Waals surface area contributed by atoms with Gasteiger partial charge in [0, 0.05) is 19.0 Å². The molecule has 0 aliphatic carbocycles. The number of piperidine rings is 1. The number of hydrogen-bond acceptors (Lipinski definition) is 6. The fraction of sp³-hybridized carbons (Fsp3) is 0.667. The summed E-state index contributed by atoms with van der Waals surface area (Å²) in [4.78, 5) is 49.2. The van der Waals surface area contributed by atoms with E-state index in [0.29, 0.717) is 25.9 Å². The summed E-state index contributed by atoms with van der Waals surface area (Å²) in [5, 5.41) is 2.19. The van der Waals surface area contributed by atoms with Gasteiger partial charge in [-0.3, -0.25) is 34.8 Å². The molecule has 0 unspecified atom stereocenters. The van der Waals surface area contributed by atoms with Crippen molar-refractivity contribution in [3.63, 3.8) is 0 Å². The number of carbonyl (C=O) groups excluding carboxylic acids is 4. The van der Waals surface area contributed by atoms with Gasteiger partial charge < -0.3 is 4.90 Å². The molecule has 4 amide bonds. The summed E-state index contributed by atoms with van der Waals surface area (Å²) in [7, 11) is 0. The summed E-state index contributed by atoms with van der Waals surface area (Å²) < 4.78 is 0. The number of hydrogen-bond donors (Lipinski definition) is 3. The molecule has 9 heteroatoms. The topological polar surface area (TPSA) is 125 Å². The fourth-order valence-corrected chi connectivity index (χ4v) is 2.61. The standard InChI is InChI=1S/C12H19N5O4/c13-15-12(21)8-1-3-17(4-2-8)11(20)7-16-5-9(18)14-10(19)6-16/h8H,1-7,13H2,(H,15,21)(H,14,18,19). The Labute approximate surface area is 121 Å². The molecule has 0 spiro atoms. The van der Waals surface area contributed by atoms with Crippen LogP contribution in [0.5, 0.6) is 0 Å². The highest BCUT2D eigenvalue weighted by atomic mass is 16.2. The first-order chi connectivity index (χ1) is 9.99. The quantitative estimate of drug-likeness (QED) is 0.223. The molecular weight excluding hydrogens is 278 g/mol. The molecule has 9 nitrogen and oxygen atoms in total. The lowest BCUT2D eigenvalue weighted by Gasteiger charge is -2.33. The number of nitrogens with one attached hydrogen (secondary N) is 2. The van der Waals surface area contributed by atoms with Crippen LogP contribution in [0.2, 0.25) is 0 Å². The molecule has 0 aromatic heterocycles. The third-order valence-corrected chi connectivity index (χ3v) is 3.73. The Bertz CT molecular complexity index is 443. The molecular formula is C12H19N5O4. The van der Waals surface area contributed by atoms with Crippen LogP contribution in [-0.2, 0) is 19.2 Å². The minimum absolute atomic E-state index is 0.0346. The van der Waals surface area contributed by atoms with Crippen molar-refractivity contribution in [2.75, 3.05) is 32.7 Å². The van der Waals surface area contributed by atoms with Gasteiger partial charge in [-0.05, 0) is 12.8 Å². The molecule has 0 atom stereocenters. The van der Waals surface area contributed by atoms with Crippen molar-refractivity contribution in [3.8, 4) is 0 Å². The smallest absolute Gasteiger partial charge is 0.240 e. The third-order valence-electron chi connectivity index (χ3n) is 3.73. The maximum Gasteiger partial charge on any atom is 0.240 e. The number of imide groups is 1. The molecule has 2 fully saturated rings. The molecule has 2 rings (SSSR count). The largest absolute Gasteiger partial charge is 0.342 e. The van der Waals surface area contributed by atoms with Crippen molar-refractivity contribution in [1.82, 2.24) is 20.5 Å². The fourth-order valence-electron chi connectivity index (χ4n) is 2.61. The Morgan fingerprint density at radius 3 is 2.29 bits per heavy atom. The SMILES string of the molecule is NNC(=O)C1CCN(C(=O)CN2CC(=O)NC(=O)C2)CC1. The molecule has 2 aliphatic heterocycles. The van der Waals surface area contributed by atoms with E-state index in [9.17, 15) is 19.2 Å². The molecule has 4 N–H and O–H groups in total. The summed E-state index contributed by atoms with van der Waals surface area (Å²) in [6.07, 6.45) is 1.13. The number of amides is 4. The molecule has 0 aromatic carbocycles. The molecule has 116 valence electrons. The van der Waals surface area contributed by atoms with Crippen molar-refractivity contribution < 1.29 is 19.2 Å². The zero-order valence-electron chi connectivity index (χ0n) is 11.6. The Morgan fingerprint density at radius 2 is 1.76 bits per heavy atom. The number of piperazine rings is 1. The average Bonchev–Trinajstić information content (AvgIpc) is 2.45. The predicted octanol–water partition coefficient (Wildman–Crippen LogP) is -2.83. The minimum atomic E-state index is -0.391. The predicted molar refractivity (Wildman–Crippen MR) is 71.2 cm³/mol. The van der Waals surface area contributed by atoms with Crippen LogP contribution >= 0.6 is 0 Å². The van der Waals surface area contributed by atoms with Crippen LogP contribution in [0, 0.1) is 5.92 Å². The van der Waals surface area contributed by atoms with Crippen LogP contribution in [0.15, 0.2) is 0 Å². The van der Waals surface area contributed by atoms with Gasteiger partial charge in [0.2, 0.25) is 23.6 Å².